The lowest BCUT2D eigenvalue weighted by atomic mass is 10.0. The van der Waals surface area contributed by atoms with Gasteiger partial charge in [-0.05, 0) is 23.8 Å². The molecular weight excluding hydrogens is 290 g/mol. The third-order valence-electron chi connectivity index (χ3n) is 3.15. The largest absolute Gasteiger partial charge is 0.618 e. The van der Waals surface area contributed by atoms with E-state index in [0.717, 1.165) is 6.26 Å². The number of carbonyl (C=O) groups is 1. The number of Topliss-reactive ketones (excluding diaryl/α,β-unsaturated/α-hetero) is 1. The lowest BCUT2D eigenvalue weighted by Crippen LogP contribution is -2.30. The van der Waals surface area contributed by atoms with Crippen LogP contribution in [0, 0.1) is 12.1 Å². The zero-order valence-electron chi connectivity index (χ0n) is 11.7. The van der Waals surface area contributed by atoms with Crippen molar-refractivity contribution < 1.29 is 17.9 Å². The second-order valence-electron chi connectivity index (χ2n) is 4.90. The number of benzene rings is 1. The smallest absolute Gasteiger partial charge is 0.191 e. The van der Waals surface area contributed by atoms with Gasteiger partial charge in [0, 0.05) is 25.7 Å². The Morgan fingerprint density at radius 2 is 1.76 bits per heavy atom. The Balaban J connectivity index is 2.18. The van der Waals surface area contributed by atoms with Crippen molar-refractivity contribution in [3.63, 3.8) is 0 Å². The SMILES string of the molecule is Cc1ccc(C(=O)Cc2ccc(S(C)(=O)=O)cc2)c[n+]1[O-]. The minimum absolute atomic E-state index is 0.118. The summed E-state index contributed by atoms with van der Waals surface area (Å²) in [6.45, 7) is 1.66. The zero-order chi connectivity index (χ0) is 15.6. The molecule has 0 aliphatic carbocycles. The Labute approximate surface area is 123 Å². The van der Waals surface area contributed by atoms with Crippen LogP contribution in [0.3, 0.4) is 0 Å². The molecule has 0 radical (unpaired) electrons. The molecule has 110 valence electrons. The summed E-state index contributed by atoms with van der Waals surface area (Å²) in [7, 11) is -3.24. The van der Waals surface area contributed by atoms with Gasteiger partial charge >= 0.3 is 0 Å². The number of hydrogen-bond donors (Lipinski definition) is 0. The highest BCUT2D eigenvalue weighted by Gasteiger charge is 2.12. The van der Waals surface area contributed by atoms with Crippen molar-refractivity contribution in [2.24, 2.45) is 0 Å². The number of rotatable bonds is 4. The van der Waals surface area contributed by atoms with E-state index in [1.54, 1.807) is 31.2 Å². The second kappa shape index (κ2) is 5.65. The average Bonchev–Trinajstić information content (AvgIpc) is 2.41. The first kappa shape index (κ1) is 15.2. The summed E-state index contributed by atoms with van der Waals surface area (Å²) in [5.74, 6) is -0.188. The molecule has 0 unspecified atom stereocenters. The summed E-state index contributed by atoms with van der Waals surface area (Å²) >= 11 is 0. The number of carbonyl (C=O) groups excluding carboxylic acids is 1. The normalized spacial score (nSPS) is 11.3. The monoisotopic (exact) mass is 305 g/mol. The van der Waals surface area contributed by atoms with Crippen molar-refractivity contribution in [1.29, 1.82) is 0 Å². The van der Waals surface area contributed by atoms with Gasteiger partial charge in [-0.3, -0.25) is 4.79 Å². The Bertz CT molecular complexity index is 780. The third-order valence-corrected chi connectivity index (χ3v) is 4.27. The summed E-state index contributed by atoms with van der Waals surface area (Å²) in [6.07, 6.45) is 2.50. The van der Waals surface area contributed by atoms with E-state index in [4.69, 9.17) is 0 Å². The second-order valence-corrected chi connectivity index (χ2v) is 6.92. The van der Waals surface area contributed by atoms with Crippen molar-refractivity contribution >= 4 is 15.6 Å². The minimum Gasteiger partial charge on any atom is -0.618 e. The number of pyridine rings is 1. The van der Waals surface area contributed by atoms with E-state index in [-0.39, 0.29) is 17.1 Å². The first-order valence-corrected chi connectivity index (χ1v) is 8.18. The molecule has 6 heteroatoms. The standard InChI is InChI=1S/C15H15NO4S/c1-11-3-6-13(10-16(11)18)15(17)9-12-4-7-14(8-5-12)21(2,19)20/h3-8,10H,9H2,1-2H3. The van der Waals surface area contributed by atoms with Crippen molar-refractivity contribution in [1.82, 2.24) is 0 Å². The van der Waals surface area contributed by atoms with Gasteiger partial charge in [0.25, 0.3) is 0 Å². The van der Waals surface area contributed by atoms with Crippen LogP contribution in [0.1, 0.15) is 21.6 Å². The third kappa shape index (κ3) is 3.66. The maximum Gasteiger partial charge on any atom is 0.191 e. The molecule has 2 aromatic rings. The molecule has 2 rings (SSSR count). The topological polar surface area (TPSA) is 78.2 Å². The molecule has 0 N–H and O–H groups in total. The van der Waals surface area contributed by atoms with Crippen LogP contribution in [0.25, 0.3) is 0 Å². The first-order valence-electron chi connectivity index (χ1n) is 6.29. The summed E-state index contributed by atoms with van der Waals surface area (Å²) in [5, 5.41) is 11.4. The molecule has 5 nitrogen and oxygen atoms in total. The molecule has 1 aromatic heterocycles. The predicted molar refractivity (Wildman–Crippen MR) is 77.7 cm³/mol. The fourth-order valence-electron chi connectivity index (χ4n) is 1.86. The van der Waals surface area contributed by atoms with E-state index in [0.29, 0.717) is 21.6 Å². The Kier molecular flexibility index (Phi) is 4.09. The van der Waals surface area contributed by atoms with Crippen molar-refractivity contribution in [3.05, 3.63) is 64.6 Å². The number of aryl methyl sites for hydroxylation is 1. The average molecular weight is 305 g/mol. The van der Waals surface area contributed by atoms with Gasteiger partial charge < -0.3 is 5.21 Å². The van der Waals surface area contributed by atoms with Crippen LogP contribution in [0.4, 0.5) is 0 Å². The van der Waals surface area contributed by atoms with Gasteiger partial charge in [-0.2, -0.15) is 4.73 Å². The predicted octanol–water partition coefficient (Wildman–Crippen LogP) is 1.46. The van der Waals surface area contributed by atoms with Crippen LogP contribution in [0.15, 0.2) is 47.5 Å². The molecule has 0 saturated carbocycles. The van der Waals surface area contributed by atoms with Crippen LogP contribution < -0.4 is 4.73 Å². The number of nitrogens with zero attached hydrogens (tertiary/aromatic N) is 1. The molecule has 0 bridgehead atoms. The maximum atomic E-state index is 12.1. The van der Waals surface area contributed by atoms with Gasteiger partial charge in [0.2, 0.25) is 0 Å². The Morgan fingerprint density at radius 3 is 2.29 bits per heavy atom. The number of hydrogen-bond acceptors (Lipinski definition) is 4. The number of sulfone groups is 1. The summed E-state index contributed by atoms with van der Waals surface area (Å²) in [5.41, 5.74) is 1.55. The van der Waals surface area contributed by atoms with E-state index in [1.165, 1.54) is 18.3 Å². The van der Waals surface area contributed by atoms with E-state index in [1.807, 2.05) is 0 Å². The summed E-state index contributed by atoms with van der Waals surface area (Å²) in [6, 6.07) is 9.35. The summed E-state index contributed by atoms with van der Waals surface area (Å²) in [4.78, 5) is 12.3. The van der Waals surface area contributed by atoms with Crippen LogP contribution in [-0.2, 0) is 16.3 Å². The lowest BCUT2D eigenvalue weighted by molar-refractivity contribution is -0.612. The van der Waals surface area contributed by atoms with Gasteiger partial charge in [0.1, 0.15) is 0 Å². The highest BCUT2D eigenvalue weighted by molar-refractivity contribution is 7.90. The minimum atomic E-state index is -3.24. The molecule has 21 heavy (non-hydrogen) atoms. The molecule has 0 saturated heterocycles. The zero-order valence-corrected chi connectivity index (χ0v) is 12.6. The molecule has 0 amide bonds. The quantitative estimate of drug-likeness (QED) is 0.486. The highest BCUT2D eigenvalue weighted by atomic mass is 32.2. The van der Waals surface area contributed by atoms with Gasteiger partial charge in [-0.1, -0.05) is 12.1 Å². The van der Waals surface area contributed by atoms with Gasteiger partial charge in [-0.15, -0.1) is 0 Å². The van der Waals surface area contributed by atoms with Gasteiger partial charge in [0.05, 0.1) is 10.5 Å². The molecule has 0 aliphatic rings. The fraction of sp³-hybridized carbons (Fsp3) is 0.200. The Hall–Kier alpha value is -2.21. The molecule has 1 aromatic carbocycles. The van der Waals surface area contributed by atoms with Crippen molar-refractivity contribution in [2.75, 3.05) is 6.26 Å². The number of ketones is 1. The molecule has 0 aliphatic heterocycles. The van der Waals surface area contributed by atoms with E-state index >= 15 is 0 Å². The molecule has 0 spiro atoms. The summed E-state index contributed by atoms with van der Waals surface area (Å²) < 4.78 is 23.4. The molecular formula is C15H15NO4S. The molecule has 0 atom stereocenters. The van der Waals surface area contributed by atoms with E-state index in [9.17, 15) is 18.4 Å². The Morgan fingerprint density at radius 1 is 1.14 bits per heavy atom. The van der Waals surface area contributed by atoms with Crippen LogP contribution in [-0.4, -0.2) is 20.5 Å². The number of aromatic nitrogens is 1. The van der Waals surface area contributed by atoms with E-state index in [2.05, 4.69) is 0 Å². The highest BCUT2D eigenvalue weighted by Crippen LogP contribution is 2.12. The van der Waals surface area contributed by atoms with Gasteiger partial charge in [-0.25, -0.2) is 8.42 Å². The van der Waals surface area contributed by atoms with Crippen molar-refractivity contribution in [2.45, 2.75) is 18.2 Å². The fourth-order valence-corrected chi connectivity index (χ4v) is 2.49. The maximum absolute atomic E-state index is 12.1. The van der Waals surface area contributed by atoms with Crippen LogP contribution >= 0.6 is 0 Å². The molecule has 1 heterocycles. The van der Waals surface area contributed by atoms with Crippen LogP contribution in [0.2, 0.25) is 0 Å². The van der Waals surface area contributed by atoms with Gasteiger partial charge in [0.15, 0.2) is 27.5 Å². The van der Waals surface area contributed by atoms with Crippen LogP contribution in [0.5, 0.6) is 0 Å². The van der Waals surface area contributed by atoms with Crippen molar-refractivity contribution in [3.8, 4) is 0 Å². The first-order chi connectivity index (χ1) is 9.77. The van der Waals surface area contributed by atoms with E-state index < -0.39 is 9.84 Å². The molecule has 0 fully saturated rings. The lowest BCUT2D eigenvalue weighted by Gasteiger charge is -2.04.